The Morgan fingerprint density at radius 3 is 2.62 bits per heavy atom. The minimum absolute atomic E-state index is 0.0109. The van der Waals surface area contributed by atoms with E-state index in [1.165, 1.54) is 4.88 Å². The molecule has 0 atom stereocenters. The molecule has 2 N–H and O–H groups in total. The number of amides is 1. The summed E-state index contributed by atoms with van der Waals surface area (Å²) < 4.78 is 0. The standard InChI is InChI=1S/C15H26N4OS/c1-15(2,3)18-14(17-11-13(20)19(4)5)16-9-8-12-7-6-10-21-12/h6-7,10H,8-9,11H2,1-5H3,(H2,16,17,18). The third-order valence-electron chi connectivity index (χ3n) is 2.61. The molecule has 21 heavy (non-hydrogen) atoms. The molecule has 0 aromatic carbocycles. The van der Waals surface area contributed by atoms with Gasteiger partial charge in [-0.15, -0.1) is 11.3 Å². The molecule has 1 aromatic heterocycles. The fourth-order valence-corrected chi connectivity index (χ4v) is 2.25. The predicted octanol–water partition coefficient (Wildman–Crippen LogP) is 1.71. The lowest BCUT2D eigenvalue weighted by Crippen LogP contribution is -2.48. The zero-order valence-corrected chi connectivity index (χ0v) is 14.4. The summed E-state index contributed by atoms with van der Waals surface area (Å²) in [5.41, 5.74) is -0.101. The number of guanidine groups is 1. The van der Waals surface area contributed by atoms with E-state index in [2.05, 4.69) is 53.9 Å². The van der Waals surface area contributed by atoms with E-state index in [1.807, 2.05) is 0 Å². The molecule has 1 aromatic rings. The molecule has 118 valence electrons. The van der Waals surface area contributed by atoms with Crippen LogP contribution in [0.25, 0.3) is 0 Å². The van der Waals surface area contributed by atoms with Gasteiger partial charge in [0, 0.05) is 31.1 Å². The Labute approximate surface area is 131 Å². The molecule has 0 saturated heterocycles. The van der Waals surface area contributed by atoms with Gasteiger partial charge in [-0.2, -0.15) is 0 Å². The minimum Gasteiger partial charge on any atom is -0.356 e. The molecule has 1 amide bonds. The van der Waals surface area contributed by atoms with Crippen molar-refractivity contribution in [1.82, 2.24) is 15.5 Å². The van der Waals surface area contributed by atoms with Gasteiger partial charge < -0.3 is 15.5 Å². The van der Waals surface area contributed by atoms with Crippen molar-refractivity contribution in [2.75, 3.05) is 27.2 Å². The molecule has 0 spiro atoms. The molecule has 1 rings (SSSR count). The summed E-state index contributed by atoms with van der Waals surface area (Å²) in [5.74, 6) is 0.664. The molecule has 0 aliphatic carbocycles. The van der Waals surface area contributed by atoms with Gasteiger partial charge in [0.15, 0.2) is 5.96 Å². The van der Waals surface area contributed by atoms with Crippen LogP contribution in [0.2, 0.25) is 0 Å². The third kappa shape index (κ3) is 7.70. The fourth-order valence-electron chi connectivity index (χ4n) is 1.54. The van der Waals surface area contributed by atoms with Crippen LogP contribution in [0.15, 0.2) is 22.5 Å². The van der Waals surface area contributed by atoms with Crippen LogP contribution in [-0.4, -0.2) is 49.5 Å². The van der Waals surface area contributed by atoms with E-state index in [0.29, 0.717) is 5.96 Å². The average Bonchev–Trinajstić information content (AvgIpc) is 2.86. The van der Waals surface area contributed by atoms with Crippen LogP contribution in [0.1, 0.15) is 25.6 Å². The third-order valence-corrected chi connectivity index (χ3v) is 3.54. The largest absolute Gasteiger partial charge is 0.356 e. The van der Waals surface area contributed by atoms with Gasteiger partial charge in [0.25, 0.3) is 0 Å². The highest BCUT2D eigenvalue weighted by molar-refractivity contribution is 7.09. The van der Waals surface area contributed by atoms with E-state index in [-0.39, 0.29) is 18.0 Å². The van der Waals surface area contributed by atoms with Gasteiger partial charge in [0.2, 0.25) is 5.91 Å². The van der Waals surface area contributed by atoms with Crippen LogP contribution >= 0.6 is 11.3 Å². The highest BCUT2D eigenvalue weighted by Crippen LogP contribution is 2.08. The lowest BCUT2D eigenvalue weighted by Gasteiger charge is -2.24. The summed E-state index contributed by atoms with van der Waals surface area (Å²) in [4.78, 5) is 18.9. The van der Waals surface area contributed by atoms with Crippen LogP contribution in [0.4, 0.5) is 0 Å². The number of rotatable bonds is 5. The Kier molecular flexibility index (Phi) is 6.68. The van der Waals surface area contributed by atoms with Gasteiger partial charge in [-0.1, -0.05) is 6.07 Å². The summed E-state index contributed by atoms with van der Waals surface area (Å²) in [5, 5.41) is 8.66. The van der Waals surface area contributed by atoms with E-state index in [9.17, 15) is 4.79 Å². The number of aliphatic imine (C=N–C) groups is 1. The Hall–Kier alpha value is -1.56. The molecule has 1 heterocycles. The lowest BCUT2D eigenvalue weighted by atomic mass is 10.1. The first-order valence-corrected chi connectivity index (χ1v) is 7.95. The Morgan fingerprint density at radius 2 is 2.10 bits per heavy atom. The number of nitrogens with one attached hydrogen (secondary N) is 2. The Balaban J connectivity index is 2.55. The minimum atomic E-state index is -0.101. The first-order valence-electron chi connectivity index (χ1n) is 7.07. The second kappa shape index (κ2) is 8.02. The molecular formula is C15H26N4OS. The van der Waals surface area contributed by atoms with Gasteiger partial charge in [-0.05, 0) is 38.6 Å². The number of hydrogen-bond donors (Lipinski definition) is 2. The van der Waals surface area contributed by atoms with Gasteiger partial charge in [-0.25, -0.2) is 4.99 Å². The smallest absolute Gasteiger partial charge is 0.243 e. The number of thiophene rings is 1. The molecular weight excluding hydrogens is 284 g/mol. The molecule has 0 radical (unpaired) electrons. The van der Waals surface area contributed by atoms with Crippen molar-refractivity contribution in [2.45, 2.75) is 32.7 Å². The molecule has 6 heteroatoms. The average molecular weight is 310 g/mol. The van der Waals surface area contributed by atoms with Gasteiger partial charge in [0.05, 0.1) is 0 Å². The zero-order chi connectivity index (χ0) is 15.9. The maximum atomic E-state index is 11.6. The molecule has 0 saturated carbocycles. The van der Waals surface area contributed by atoms with Crippen molar-refractivity contribution in [3.05, 3.63) is 22.4 Å². The summed E-state index contributed by atoms with van der Waals surface area (Å²) in [6, 6.07) is 4.17. The van der Waals surface area contributed by atoms with Crippen molar-refractivity contribution < 1.29 is 4.79 Å². The fraction of sp³-hybridized carbons (Fsp3) is 0.600. The summed E-state index contributed by atoms with van der Waals surface area (Å²) in [7, 11) is 3.47. The van der Waals surface area contributed by atoms with Crippen molar-refractivity contribution in [2.24, 2.45) is 4.99 Å². The van der Waals surface area contributed by atoms with E-state index >= 15 is 0 Å². The number of carbonyl (C=O) groups is 1. The maximum absolute atomic E-state index is 11.6. The molecule has 0 aliphatic heterocycles. The number of nitrogens with zero attached hydrogens (tertiary/aromatic N) is 2. The topological polar surface area (TPSA) is 56.7 Å². The maximum Gasteiger partial charge on any atom is 0.243 e. The second-order valence-corrected chi connectivity index (χ2v) is 7.12. The first kappa shape index (κ1) is 17.5. The SMILES string of the molecule is CN(C)C(=O)CN=C(NCCc1cccs1)NC(C)(C)C. The summed E-state index contributed by atoms with van der Waals surface area (Å²) in [6.07, 6.45) is 0.949. The number of likely N-dealkylation sites (N-methyl/N-ethyl adjacent to an activating group) is 1. The summed E-state index contributed by atoms with van der Waals surface area (Å²) >= 11 is 1.75. The predicted molar refractivity (Wildman–Crippen MR) is 89.9 cm³/mol. The normalized spacial score (nSPS) is 12.1. The van der Waals surface area contributed by atoms with E-state index in [0.717, 1.165) is 13.0 Å². The van der Waals surface area contributed by atoms with Gasteiger partial charge in [-0.3, -0.25) is 4.79 Å². The number of carbonyl (C=O) groups excluding carboxylic acids is 1. The van der Waals surface area contributed by atoms with Crippen molar-refractivity contribution in [1.29, 1.82) is 0 Å². The molecule has 0 fully saturated rings. The Morgan fingerprint density at radius 1 is 1.38 bits per heavy atom. The first-order chi connectivity index (χ1) is 9.78. The van der Waals surface area contributed by atoms with Crippen LogP contribution in [0.3, 0.4) is 0 Å². The lowest BCUT2D eigenvalue weighted by molar-refractivity contribution is -0.127. The van der Waals surface area contributed by atoms with Crippen molar-refractivity contribution in [3.63, 3.8) is 0 Å². The van der Waals surface area contributed by atoms with E-state index < -0.39 is 0 Å². The quantitative estimate of drug-likeness (QED) is 0.643. The van der Waals surface area contributed by atoms with Gasteiger partial charge >= 0.3 is 0 Å². The van der Waals surface area contributed by atoms with Crippen LogP contribution in [0, 0.1) is 0 Å². The van der Waals surface area contributed by atoms with E-state index in [1.54, 1.807) is 30.3 Å². The van der Waals surface area contributed by atoms with Crippen LogP contribution < -0.4 is 10.6 Å². The van der Waals surface area contributed by atoms with Crippen LogP contribution in [0.5, 0.6) is 0 Å². The van der Waals surface area contributed by atoms with E-state index in [4.69, 9.17) is 0 Å². The molecule has 0 aliphatic rings. The highest BCUT2D eigenvalue weighted by Gasteiger charge is 2.13. The van der Waals surface area contributed by atoms with Crippen molar-refractivity contribution in [3.8, 4) is 0 Å². The highest BCUT2D eigenvalue weighted by atomic mass is 32.1. The van der Waals surface area contributed by atoms with Gasteiger partial charge in [0.1, 0.15) is 6.54 Å². The Bertz CT molecular complexity index is 461. The zero-order valence-electron chi connectivity index (χ0n) is 13.6. The molecule has 0 bridgehead atoms. The second-order valence-electron chi connectivity index (χ2n) is 6.08. The number of hydrogen-bond acceptors (Lipinski definition) is 3. The summed E-state index contributed by atoms with van der Waals surface area (Å²) in [6.45, 7) is 7.14. The van der Waals surface area contributed by atoms with Crippen molar-refractivity contribution >= 4 is 23.2 Å². The molecule has 0 unspecified atom stereocenters. The monoisotopic (exact) mass is 310 g/mol. The van der Waals surface area contributed by atoms with Crippen LogP contribution in [-0.2, 0) is 11.2 Å². The molecule has 5 nitrogen and oxygen atoms in total.